The van der Waals surface area contributed by atoms with Gasteiger partial charge in [-0.25, -0.2) is 0 Å². The van der Waals surface area contributed by atoms with Gasteiger partial charge in [0.2, 0.25) is 0 Å². The molecular formula is C16H24ClNO. The number of ketones is 1. The first kappa shape index (κ1) is 16.2. The number of rotatable bonds is 8. The fourth-order valence-corrected chi connectivity index (χ4v) is 2.53. The van der Waals surface area contributed by atoms with Crippen LogP contribution in [0, 0.1) is 6.92 Å². The molecule has 0 saturated heterocycles. The Bertz CT molecular complexity index is 417. The van der Waals surface area contributed by atoms with Crippen LogP contribution >= 0.6 is 11.6 Å². The van der Waals surface area contributed by atoms with Crippen LogP contribution in [0.1, 0.15) is 44.2 Å². The highest BCUT2D eigenvalue weighted by molar-refractivity contribution is 6.30. The Balaban J connectivity index is 2.49. The predicted molar refractivity (Wildman–Crippen MR) is 81.9 cm³/mol. The molecule has 1 atom stereocenters. The standard InChI is InChI=1S/C16H24ClNO/c1-4-16(19)15(18-5-2)8-6-7-13-9-10-14(17)11-12(13)3/h9-11,15,18H,4-8H2,1-3H3. The number of hydrogen-bond acceptors (Lipinski definition) is 2. The van der Waals surface area contributed by atoms with Gasteiger partial charge in [0, 0.05) is 11.4 Å². The van der Waals surface area contributed by atoms with Crippen molar-refractivity contribution in [1.82, 2.24) is 5.32 Å². The van der Waals surface area contributed by atoms with Crippen molar-refractivity contribution >= 4 is 17.4 Å². The summed E-state index contributed by atoms with van der Waals surface area (Å²) in [5.41, 5.74) is 2.55. The average molecular weight is 282 g/mol. The average Bonchev–Trinajstić information content (AvgIpc) is 2.39. The van der Waals surface area contributed by atoms with E-state index in [2.05, 4.69) is 18.3 Å². The fourth-order valence-electron chi connectivity index (χ4n) is 2.31. The molecule has 0 heterocycles. The summed E-state index contributed by atoms with van der Waals surface area (Å²) in [6.45, 7) is 6.89. The van der Waals surface area contributed by atoms with Crippen LogP contribution < -0.4 is 5.32 Å². The highest BCUT2D eigenvalue weighted by atomic mass is 35.5. The van der Waals surface area contributed by atoms with Gasteiger partial charge in [0.25, 0.3) is 0 Å². The molecule has 0 aliphatic rings. The Morgan fingerprint density at radius 3 is 2.68 bits per heavy atom. The molecule has 1 N–H and O–H groups in total. The topological polar surface area (TPSA) is 29.1 Å². The van der Waals surface area contributed by atoms with Crippen molar-refractivity contribution in [3.63, 3.8) is 0 Å². The first-order valence-electron chi connectivity index (χ1n) is 7.09. The molecule has 3 heteroatoms. The molecule has 19 heavy (non-hydrogen) atoms. The quantitative estimate of drug-likeness (QED) is 0.782. The summed E-state index contributed by atoms with van der Waals surface area (Å²) in [4.78, 5) is 11.8. The lowest BCUT2D eigenvalue weighted by molar-refractivity contribution is -0.120. The van der Waals surface area contributed by atoms with Crippen LogP contribution in [0.4, 0.5) is 0 Å². The smallest absolute Gasteiger partial charge is 0.149 e. The summed E-state index contributed by atoms with van der Waals surface area (Å²) < 4.78 is 0. The van der Waals surface area contributed by atoms with Gasteiger partial charge in [-0.15, -0.1) is 0 Å². The Kier molecular flexibility index (Phi) is 7.11. The second kappa shape index (κ2) is 8.34. The van der Waals surface area contributed by atoms with E-state index in [1.165, 1.54) is 11.1 Å². The third-order valence-electron chi connectivity index (χ3n) is 3.43. The summed E-state index contributed by atoms with van der Waals surface area (Å²) >= 11 is 5.95. The van der Waals surface area contributed by atoms with Gasteiger partial charge >= 0.3 is 0 Å². The van der Waals surface area contributed by atoms with Crippen LogP contribution in [-0.4, -0.2) is 18.4 Å². The predicted octanol–water partition coefficient (Wildman–Crippen LogP) is 3.93. The van der Waals surface area contributed by atoms with Crippen molar-refractivity contribution in [2.75, 3.05) is 6.54 Å². The van der Waals surface area contributed by atoms with Crippen LogP contribution in [-0.2, 0) is 11.2 Å². The second-order valence-electron chi connectivity index (χ2n) is 4.89. The molecule has 1 aromatic rings. The third-order valence-corrected chi connectivity index (χ3v) is 3.67. The first-order chi connectivity index (χ1) is 9.08. The molecular weight excluding hydrogens is 258 g/mol. The molecule has 0 aromatic heterocycles. The number of hydrogen-bond donors (Lipinski definition) is 1. The Hall–Kier alpha value is -0.860. The van der Waals surface area contributed by atoms with Crippen molar-refractivity contribution in [1.29, 1.82) is 0 Å². The van der Waals surface area contributed by atoms with Crippen molar-refractivity contribution in [3.8, 4) is 0 Å². The molecule has 0 spiro atoms. The van der Waals surface area contributed by atoms with Crippen molar-refractivity contribution in [2.45, 2.75) is 52.5 Å². The lowest BCUT2D eigenvalue weighted by Crippen LogP contribution is -2.36. The SMILES string of the molecule is CCNC(CCCc1ccc(Cl)cc1C)C(=O)CC. The molecule has 0 bridgehead atoms. The molecule has 0 fully saturated rings. The highest BCUT2D eigenvalue weighted by Crippen LogP contribution is 2.17. The van der Waals surface area contributed by atoms with E-state index in [9.17, 15) is 4.79 Å². The van der Waals surface area contributed by atoms with Crippen molar-refractivity contribution in [3.05, 3.63) is 34.3 Å². The van der Waals surface area contributed by atoms with E-state index in [1.54, 1.807) is 0 Å². The zero-order valence-electron chi connectivity index (χ0n) is 12.1. The molecule has 2 nitrogen and oxygen atoms in total. The number of likely N-dealkylation sites (N-methyl/N-ethyl adjacent to an activating group) is 1. The van der Waals surface area contributed by atoms with E-state index in [0.29, 0.717) is 12.2 Å². The molecule has 0 aliphatic heterocycles. The summed E-state index contributed by atoms with van der Waals surface area (Å²) in [7, 11) is 0. The van der Waals surface area contributed by atoms with E-state index < -0.39 is 0 Å². The molecule has 1 unspecified atom stereocenters. The maximum atomic E-state index is 11.8. The number of benzene rings is 1. The number of carbonyl (C=O) groups is 1. The molecule has 0 saturated carbocycles. The van der Waals surface area contributed by atoms with Gasteiger partial charge in [0.05, 0.1) is 6.04 Å². The minimum absolute atomic E-state index is 0.0163. The fraction of sp³-hybridized carbons (Fsp3) is 0.562. The van der Waals surface area contributed by atoms with Crippen LogP contribution in [0.3, 0.4) is 0 Å². The maximum absolute atomic E-state index is 11.8. The molecule has 1 aromatic carbocycles. The molecule has 106 valence electrons. The van der Waals surface area contributed by atoms with E-state index in [4.69, 9.17) is 11.6 Å². The lowest BCUT2D eigenvalue weighted by atomic mass is 9.98. The van der Waals surface area contributed by atoms with Crippen LogP contribution in [0.5, 0.6) is 0 Å². The maximum Gasteiger partial charge on any atom is 0.149 e. The van der Waals surface area contributed by atoms with Gasteiger partial charge in [0.15, 0.2) is 0 Å². The van der Waals surface area contributed by atoms with E-state index in [-0.39, 0.29) is 6.04 Å². The second-order valence-corrected chi connectivity index (χ2v) is 5.33. The Morgan fingerprint density at radius 2 is 2.11 bits per heavy atom. The summed E-state index contributed by atoms with van der Waals surface area (Å²) in [5.74, 6) is 0.315. The van der Waals surface area contributed by atoms with Gasteiger partial charge in [-0.1, -0.05) is 31.5 Å². The minimum atomic E-state index is 0.0163. The van der Waals surface area contributed by atoms with Crippen LogP contribution in [0.2, 0.25) is 5.02 Å². The van der Waals surface area contributed by atoms with Crippen molar-refractivity contribution < 1.29 is 4.79 Å². The van der Waals surface area contributed by atoms with E-state index in [1.807, 2.05) is 26.0 Å². The van der Waals surface area contributed by atoms with Gasteiger partial charge in [0.1, 0.15) is 5.78 Å². The van der Waals surface area contributed by atoms with Gasteiger partial charge in [-0.05, 0) is 56.0 Å². The molecule has 0 aliphatic carbocycles. The van der Waals surface area contributed by atoms with Crippen molar-refractivity contribution in [2.24, 2.45) is 0 Å². The molecule has 0 amide bonds. The number of halogens is 1. The van der Waals surface area contributed by atoms with Crippen LogP contribution in [0.15, 0.2) is 18.2 Å². The first-order valence-corrected chi connectivity index (χ1v) is 7.47. The number of Topliss-reactive ketones (excluding diaryl/α,β-unsaturated/α-hetero) is 1. The highest BCUT2D eigenvalue weighted by Gasteiger charge is 2.14. The van der Waals surface area contributed by atoms with E-state index in [0.717, 1.165) is 30.8 Å². The molecule has 0 radical (unpaired) electrons. The summed E-state index contributed by atoms with van der Waals surface area (Å²) in [6.07, 6.45) is 3.54. The third kappa shape index (κ3) is 5.33. The lowest BCUT2D eigenvalue weighted by Gasteiger charge is -2.16. The van der Waals surface area contributed by atoms with E-state index >= 15 is 0 Å². The number of aryl methyl sites for hydroxylation is 2. The molecule has 1 rings (SSSR count). The summed E-state index contributed by atoms with van der Waals surface area (Å²) in [5, 5.41) is 4.06. The van der Waals surface area contributed by atoms with Gasteiger partial charge in [-0.2, -0.15) is 0 Å². The zero-order valence-corrected chi connectivity index (χ0v) is 12.9. The Labute approximate surface area is 121 Å². The van der Waals surface area contributed by atoms with Gasteiger partial charge < -0.3 is 5.32 Å². The zero-order chi connectivity index (χ0) is 14.3. The Morgan fingerprint density at radius 1 is 1.37 bits per heavy atom. The minimum Gasteiger partial charge on any atom is -0.308 e. The number of carbonyl (C=O) groups excluding carboxylic acids is 1. The largest absolute Gasteiger partial charge is 0.308 e. The number of nitrogens with one attached hydrogen (secondary N) is 1. The summed E-state index contributed by atoms with van der Waals surface area (Å²) in [6, 6.07) is 6.03. The normalized spacial score (nSPS) is 12.4. The van der Waals surface area contributed by atoms with Gasteiger partial charge in [-0.3, -0.25) is 4.79 Å². The van der Waals surface area contributed by atoms with Crippen LogP contribution in [0.25, 0.3) is 0 Å². The monoisotopic (exact) mass is 281 g/mol.